The van der Waals surface area contributed by atoms with Crippen LogP contribution in [0.25, 0.3) is 0 Å². The molecule has 2 aromatic rings. The second-order valence-electron chi connectivity index (χ2n) is 6.82. The summed E-state index contributed by atoms with van der Waals surface area (Å²) in [6.45, 7) is 2.15. The van der Waals surface area contributed by atoms with Crippen LogP contribution >= 0.6 is 0 Å². The third-order valence-electron chi connectivity index (χ3n) is 4.49. The van der Waals surface area contributed by atoms with Gasteiger partial charge in [-0.15, -0.1) is 0 Å². The molecule has 0 unspecified atom stereocenters. The van der Waals surface area contributed by atoms with Crippen LogP contribution in [-0.2, 0) is 22.4 Å². The SMILES string of the molecule is CCCCC(CC(=O)Cc1ccccc1)CC(=O)Cc1ccccc1. The van der Waals surface area contributed by atoms with Crippen LogP contribution in [-0.4, -0.2) is 11.6 Å². The molecule has 2 heteroatoms. The van der Waals surface area contributed by atoms with Gasteiger partial charge in [0.05, 0.1) is 0 Å². The van der Waals surface area contributed by atoms with Crippen LogP contribution in [0.3, 0.4) is 0 Å². The lowest BCUT2D eigenvalue weighted by Crippen LogP contribution is -2.16. The molecule has 0 fully saturated rings. The number of hydrogen-bond acceptors (Lipinski definition) is 2. The molecule has 0 N–H and O–H groups in total. The van der Waals surface area contributed by atoms with Crippen molar-refractivity contribution in [2.45, 2.75) is 51.9 Å². The second-order valence-corrected chi connectivity index (χ2v) is 6.82. The molecule has 2 rings (SSSR count). The summed E-state index contributed by atoms with van der Waals surface area (Å²) in [5.74, 6) is 0.645. The molecular weight excluding hydrogens is 308 g/mol. The van der Waals surface area contributed by atoms with Crippen LogP contribution in [0.1, 0.15) is 50.2 Å². The molecule has 0 radical (unpaired) electrons. The summed E-state index contributed by atoms with van der Waals surface area (Å²) in [4.78, 5) is 24.8. The summed E-state index contributed by atoms with van der Waals surface area (Å²) in [7, 11) is 0. The molecule has 0 aliphatic carbocycles. The van der Waals surface area contributed by atoms with Crippen molar-refractivity contribution >= 4 is 11.6 Å². The van der Waals surface area contributed by atoms with Crippen LogP contribution in [0.5, 0.6) is 0 Å². The summed E-state index contributed by atoms with van der Waals surface area (Å²) < 4.78 is 0. The van der Waals surface area contributed by atoms with Gasteiger partial charge >= 0.3 is 0 Å². The van der Waals surface area contributed by atoms with Gasteiger partial charge < -0.3 is 0 Å². The average Bonchev–Trinajstić information content (AvgIpc) is 2.61. The van der Waals surface area contributed by atoms with Crippen molar-refractivity contribution in [2.24, 2.45) is 5.92 Å². The van der Waals surface area contributed by atoms with Crippen LogP contribution < -0.4 is 0 Å². The second kappa shape index (κ2) is 10.6. The molecule has 0 bridgehead atoms. The number of hydrogen-bond donors (Lipinski definition) is 0. The van der Waals surface area contributed by atoms with Gasteiger partial charge in [0.15, 0.2) is 0 Å². The zero-order valence-corrected chi connectivity index (χ0v) is 15.1. The number of rotatable bonds is 11. The summed E-state index contributed by atoms with van der Waals surface area (Å²) in [6, 6.07) is 19.7. The highest BCUT2D eigenvalue weighted by molar-refractivity contribution is 5.84. The molecule has 0 amide bonds. The number of ketones is 2. The molecule has 0 aliphatic rings. The van der Waals surface area contributed by atoms with Gasteiger partial charge in [-0.2, -0.15) is 0 Å². The van der Waals surface area contributed by atoms with Crippen molar-refractivity contribution in [3.8, 4) is 0 Å². The largest absolute Gasteiger partial charge is 0.299 e. The Morgan fingerprint density at radius 2 is 1.20 bits per heavy atom. The molecule has 25 heavy (non-hydrogen) atoms. The summed E-state index contributed by atoms with van der Waals surface area (Å²) in [5.41, 5.74) is 2.11. The maximum Gasteiger partial charge on any atom is 0.137 e. The smallest absolute Gasteiger partial charge is 0.137 e. The van der Waals surface area contributed by atoms with Crippen molar-refractivity contribution in [3.05, 3.63) is 71.8 Å². The van der Waals surface area contributed by atoms with E-state index in [1.54, 1.807) is 0 Å². The number of unbranched alkanes of at least 4 members (excludes halogenated alkanes) is 1. The van der Waals surface area contributed by atoms with Gasteiger partial charge in [-0.3, -0.25) is 9.59 Å². The summed E-state index contributed by atoms with van der Waals surface area (Å²) in [6.07, 6.45) is 5.08. The van der Waals surface area contributed by atoms with E-state index in [1.807, 2.05) is 60.7 Å². The third-order valence-corrected chi connectivity index (χ3v) is 4.49. The molecule has 2 aromatic carbocycles. The Balaban J connectivity index is 1.88. The Morgan fingerprint density at radius 3 is 1.60 bits per heavy atom. The first kappa shape index (κ1) is 19.1. The summed E-state index contributed by atoms with van der Waals surface area (Å²) in [5, 5.41) is 0. The fourth-order valence-corrected chi connectivity index (χ4v) is 3.20. The topological polar surface area (TPSA) is 34.1 Å². The van der Waals surface area contributed by atoms with E-state index in [9.17, 15) is 9.59 Å². The van der Waals surface area contributed by atoms with E-state index in [0.717, 1.165) is 30.4 Å². The number of benzene rings is 2. The molecule has 0 saturated heterocycles. The number of Topliss-reactive ketones (excluding diaryl/α,β-unsaturated/α-hetero) is 2. The Hall–Kier alpha value is -2.22. The zero-order valence-electron chi connectivity index (χ0n) is 15.1. The van der Waals surface area contributed by atoms with E-state index in [2.05, 4.69) is 6.92 Å². The Morgan fingerprint density at radius 1 is 0.760 bits per heavy atom. The van der Waals surface area contributed by atoms with Crippen LogP contribution in [0.15, 0.2) is 60.7 Å². The van der Waals surface area contributed by atoms with Crippen molar-refractivity contribution < 1.29 is 9.59 Å². The van der Waals surface area contributed by atoms with Gasteiger partial charge in [0.2, 0.25) is 0 Å². The van der Waals surface area contributed by atoms with Gasteiger partial charge in [0.1, 0.15) is 11.6 Å². The minimum Gasteiger partial charge on any atom is -0.299 e. The first-order chi connectivity index (χ1) is 12.2. The third kappa shape index (κ3) is 7.47. The van der Waals surface area contributed by atoms with Crippen molar-refractivity contribution in [1.29, 1.82) is 0 Å². The molecule has 0 atom stereocenters. The van der Waals surface area contributed by atoms with Crippen LogP contribution in [0.2, 0.25) is 0 Å². The van der Waals surface area contributed by atoms with Crippen molar-refractivity contribution in [3.63, 3.8) is 0 Å². The molecule has 0 spiro atoms. The fraction of sp³-hybridized carbons (Fsp3) is 0.391. The van der Waals surface area contributed by atoms with E-state index in [1.165, 1.54) is 0 Å². The molecule has 2 nitrogen and oxygen atoms in total. The Kier molecular flexibility index (Phi) is 8.11. The molecule has 0 saturated carbocycles. The fourth-order valence-electron chi connectivity index (χ4n) is 3.20. The Labute approximate surface area is 151 Å². The predicted octanol–water partition coefficient (Wildman–Crippen LogP) is 5.20. The van der Waals surface area contributed by atoms with Gasteiger partial charge in [-0.1, -0.05) is 80.4 Å². The summed E-state index contributed by atoms with van der Waals surface area (Å²) >= 11 is 0. The number of carbonyl (C=O) groups excluding carboxylic acids is 2. The van der Waals surface area contributed by atoms with Crippen molar-refractivity contribution in [2.75, 3.05) is 0 Å². The van der Waals surface area contributed by atoms with E-state index in [0.29, 0.717) is 25.7 Å². The van der Waals surface area contributed by atoms with Gasteiger partial charge in [-0.05, 0) is 23.5 Å². The first-order valence-corrected chi connectivity index (χ1v) is 9.28. The van der Waals surface area contributed by atoms with E-state index in [-0.39, 0.29) is 17.5 Å². The first-order valence-electron chi connectivity index (χ1n) is 9.28. The highest BCUT2D eigenvalue weighted by Gasteiger charge is 2.18. The minimum absolute atomic E-state index is 0.173. The standard InChI is InChI=1S/C23H28O2/c1-2-3-10-21(17-22(24)15-19-11-6-4-7-12-19)18-23(25)16-20-13-8-5-9-14-20/h4-9,11-14,21H,2-3,10,15-18H2,1H3. The number of carbonyl (C=O) groups is 2. The average molecular weight is 336 g/mol. The van der Waals surface area contributed by atoms with Crippen LogP contribution in [0.4, 0.5) is 0 Å². The monoisotopic (exact) mass is 336 g/mol. The van der Waals surface area contributed by atoms with E-state index < -0.39 is 0 Å². The van der Waals surface area contributed by atoms with Crippen molar-refractivity contribution in [1.82, 2.24) is 0 Å². The molecular formula is C23H28O2. The molecule has 0 heterocycles. The maximum absolute atomic E-state index is 12.4. The van der Waals surface area contributed by atoms with Gasteiger partial charge in [0, 0.05) is 25.7 Å². The lowest BCUT2D eigenvalue weighted by Gasteiger charge is -2.15. The zero-order chi connectivity index (χ0) is 17.9. The Bertz CT molecular complexity index is 591. The van der Waals surface area contributed by atoms with Gasteiger partial charge in [-0.25, -0.2) is 0 Å². The lowest BCUT2D eigenvalue weighted by atomic mass is 9.88. The normalized spacial score (nSPS) is 10.8. The lowest BCUT2D eigenvalue weighted by molar-refractivity contribution is -0.121. The quantitative estimate of drug-likeness (QED) is 0.565. The van der Waals surface area contributed by atoms with E-state index in [4.69, 9.17) is 0 Å². The molecule has 0 aromatic heterocycles. The van der Waals surface area contributed by atoms with Crippen LogP contribution in [0, 0.1) is 5.92 Å². The maximum atomic E-state index is 12.4. The van der Waals surface area contributed by atoms with Gasteiger partial charge in [0.25, 0.3) is 0 Å². The highest BCUT2D eigenvalue weighted by Crippen LogP contribution is 2.20. The minimum atomic E-state index is 0.173. The highest BCUT2D eigenvalue weighted by atomic mass is 16.1. The predicted molar refractivity (Wildman–Crippen MR) is 103 cm³/mol. The van der Waals surface area contributed by atoms with E-state index >= 15 is 0 Å². The molecule has 132 valence electrons. The molecule has 0 aliphatic heterocycles.